The van der Waals surface area contributed by atoms with Crippen LogP contribution >= 0.6 is 0 Å². The fraction of sp³-hybridized carbons (Fsp3) is 0.267. The number of nitrogens with one attached hydrogen (secondary N) is 3. The topological polar surface area (TPSA) is 86.5 Å². The van der Waals surface area contributed by atoms with Crippen LogP contribution in [0.2, 0.25) is 0 Å². The summed E-state index contributed by atoms with van der Waals surface area (Å²) in [5.41, 5.74) is 0.640. The van der Waals surface area contributed by atoms with Gasteiger partial charge in [0.1, 0.15) is 11.6 Å². The lowest BCUT2D eigenvalue weighted by Crippen LogP contribution is -2.21. The molecule has 0 amide bonds. The maximum atomic E-state index is 13.8. The quantitative estimate of drug-likeness (QED) is 0.687. The van der Waals surface area contributed by atoms with Crippen LogP contribution < -0.4 is 10.7 Å². The smallest absolute Gasteiger partial charge is 0.189 e. The molecule has 3 aromatic rings. The van der Waals surface area contributed by atoms with Crippen LogP contribution in [0, 0.1) is 12.7 Å². The van der Waals surface area contributed by atoms with E-state index in [0.29, 0.717) is 23.4 Å². The van der Waals surface area contributed by atoms with Crippen molar-refractivity contribution < 1.29 is 4.39 Å². The minimum atomic E-state index is -0.436. The van der Waals surface area contributed by atoms with Gasteiger partial charge in [-0.25, -0.2) is 9.37 Å². The van der Waals surface area contributed by atoms with Crippen molar-refractivity contribution in [2.75, 3.05) is 0 Å². The summed E-state index contributed by atoms with van der Waals surface area (Å²) < 4.78 is 13.8. The number of hydrogen-bond acceptors (Lipinski definition) is 4. The zero-order valence-corrected chi connectivity index (χ0v) is 12.3. The molecule has 0 fully saturated rings. The number of pyridine rings is 1. The van der Waals surface area contributed by atoms with E-state index in [4.69, 9.17) is 0 Å². The summed E-state index contributed by atoms with van der Waals surface area (Å²) >= 11 is 0. The van der Waals surface area contributed by atoms with Gasteiger partial charge in [0, 0.05) is 23.7 Å². The van der Waals surface area contributed by atoms with Crippen molar-refractivity contribution in [2.45, 2.75) is 26.4 Å². The number of H-pyrrole nitrogens is 2. The molecule has 1 atom stereocenters. The molecule has 1 aromatic carbocycles. The maximum absolute atomic E-state index is 13.8. The zero-order valence-electron chi connectivity index (χ0n) is 12.3. The van der Waals surface area contributed by atoms with E-state index in [1.807, 2.05) is 13.8 Å². The van der Waals surface area contributed by atoms with E-state index in [1.54, 1.807) is 6.07 Å². The molecular formula is C15H16FN5O. The second-order valence-electron chi connectivity index (χ2n) is 5.20. The van der Waals surface area contributed by atoms with E-state index in [0.717, 1.165) is 5.82 Å². The number of aromatic amines is 2. The number of rotatable bonds is 4. The lowest BCUT2D eigenvalue weighted by atomic mass is 10.2. The summed E-state index contributed by atoms with van der Waals surface area (Å²) in [6, 6.07) is 5.84. The second-order valence-corrected chi connectivity index (χ2v) is 5.20. The molecule has 2 heterocycles. The Morgan fingerprint density at radius 3 is 2.95 bits per heavy atom. The van der Waals surface area contributed by atoms with Crippen molar-refractivity contribution in [3.8, 4) is 0 Å². The Bertz CT molecular complexity index is 870. The lowest BCUT2D eigenvalue weighted by molar-refractivity contribution is 0.542. The molecule has 2 aromatic heterocycles. The average Bonchev–Trinajstić information content (AvgIpc) is 2.93. The number of hydrogen-bond donors (Lipinski definition) is 3. The Hall–Kier alpha value is -2.54. The van der Waals surface area contributed by atoms with Crippen LogP contribution in [0.4, 0.5) is 4.39 Å². The molecule has 3 rings (SSSR count). The molecule has 0 radical (unpaired) electrons. The Labute approximate surface area is 125 Å². The highest BCUT2D eigenvalue weighted by atomic mass is 19.1. The highest BCUT2D eigenvalue weighted by Gasteiger charge is 2.11. The van der Waals surface area contributed by atoms with Gasteiger partial charge >= 0.3 is 0 Å². The number of benzene rings is 1. The van der Waals surface area contributed by atoms with E-state index >= 15 is 0 Å². The average molecular weight is 301 g/mol. The van der Waals surface area contributed by atoms with Crippen LogP contribution in [-0.2, 0) is 6.54 Å². The van der Waals surface area contributed by atoms with Crippen LogP contribution in [-0.4, -0.2) is 20.2 Å². The minimum Gasteiger partial charge on any atom is -0.355 e. The number of aryl methyl sites for hydroxylation is 1. The molecule has 114 valence electrons. The standard InChI is InChI=1S/C15H16FN5O/c1-8(15-18-9(2)20-21-15)17-7-10-6-13(22)11-4-3-5-12(16)14(11)19-10/h3-6,8,17H,7H2,1-2H3,(H,19,22)(H,18,20,21)/t8-/m0/s1. The van der Waals surface area contributed by atoms with Crippen molar-refractivity contribution in [1.29, 1.82) is 0 Å². The van der Waals surface area contributed by atoms with Gasteiger partial charge in [0.2, 0.25) is 0 Å². The van der Waals surface area contributed by atoms with Crippen molar-refractivity contribution in [1.82, 2.24) is 25.5 Å². The monoisotopic (exact) mass is 301 g/mol. The fourth-order valence-electron chi connectivity index (χ4n) is 2.29. The van der Waals surface area contributed by atoms with Gasteiger partial charge in [0.05, 0.1) is 11.6 Å². The van der Waals surface area contributed by atoms with E-state index in [9.17, 15) is 9.18 Å². The molecule has 0 unspecified atom stereocenters. The first-order chi connectivity index (χ1) is 10.5. The van der Waals surface area contributed by atoms with Gasteiger partial charge in [-0.15, -0.1) is 0 Å². The minimum absolute atomic E-state index is 0.0928. The van der Waals surface area contributed by atoms with E-state index < -0.39 is 5.82 Å². The molecule has 0 spiro atoms. The summed E-state index contributed by atoms with van der Waals surface area (Å²) in [7, 11) is 0. The molecule has 0 aliphatic carbocycles. The first kappa shape index (κ1) is 14.4. The molecule has 0 saturated carbocycles. The van der Waals surface area contributed by atoms with Gasteiger partial charge in [-0.05, 0) is 26.0 Å². The summed E-state index contributed by atoms with van der Waals surface area (Å²) in [4.78, 5) is 19.2. The number of halogens is 1. The molecule has 0 aliphatic rings. The third-order valence-corrected chi connectivity index (χ3v) is 3.47. The Morgan fingerprint density at radius 1 is 1.41 bits per heavy atom. The summed E-state index contributed by atoms with van der Waals surface area (Å²) in [5, 5.41) is 10.4. The van der Waals surface area contributed by atoms with Crippen LogP contribution in [0.25, 0.3) is 10.9 Å². The highest BCUT2D eigenvalue weighted by molar-refractivity contribution is 5.78. The molecule has 6 nitrogen and oxygen atoms in total. The zero-order chi connectivity index (χ0) is 15.7. The first-order valence-corrected chi connectivity index (χ1v) is 6.97. The number of nitrogens with zero attached hydrogens (tertiary/aromatic N) is 2. The Balaban J connectivity index is 1.82. The molecule has 0 bridgehead atoms. The summed E-state index contributed by atoms with van der Waals surface area (Å²) in [6.07, 6.45) is 0. The predicted octanol–water partition coefficient (Wildman–Crippen LogP) is 1.94. The summed E-state index contributed by atoms with van der Waals surface area (Å²) in [6.45, 7) is 4.13. The SMILES string of the molecule is Cc1nc([C@H](C)NCc2cc(=O)c3cccc(F)c3[nH]2)n[nH]1. The van der Waals surface area contributed by atoms with Gasteiger partial charge in [0.25, 0.3) is 0 Å². The van der Waals surface area contributed by atoms with Crippen molar-refractivity contribution in [3.63, 3.8) is 0 Å². The van der Waals surface area contributed by atoms with Crippen molar-refractivity contribution in [2.24, 2.45) is 0 Å². The molecule has 7 heteroatoms. The normalized spacial score (nSPS) is 12.7. The number of para-hydroxylation sites is 1. The summed E-state index contributed by atoms with van der Waals surface area (Å²) in [5.74, 6) is 0.950. The fourth-order valence-corrected chi connectivity index (χ4v) is 2.29. The largest absolute Gasteiger partial charge is 0.355 e. The van der Waals surface area contributed by atoms with E-state index in [1.165, 1.54) is 18.2 Å². The molecule has 0 saturated heterocycles. The van der Waals surface area contributed by atoms with E-state index in [2.05, 4.69) is 25.5 Å². The van der Waals surface area contributed by atoms with Gasteiger partial charge in [0.15, 0.2) is 11.3 Å². The van der Waals surface area contributed by atoms with Crippen molar-refractivity contribution in [3.05, 3.63) is 57.6 Å². The number of aromatic nitrogens is 4. The Morgan fingerprint density at radius 2 is 2.23 bits per heavy atom. The maximum Gasteiger partial charge on any atom is 0.189 e. The first-order valence-electron chi connectivity index (χ1n) is 6.97. The second kappa shape index (κ2) is 5.69. The Kier molecular flexibility index (Phi) is 3.72. The van der Waals surface area contributed by atoms with Crippen LogP contribution in [0.3, 0.4) is 0 Å². The molecule has 22 heavy (non-hydrogen) atoms. The predicted molar refractivity (Wildman–Crippen MR) is 80.9 cm³/mol. The molecule has 3 N–H and O–H groups in total. The van der Waals surface area contributed by atoms with E-state index in [-0.39, 0.29) is 17.0 Å². The number of fused-ring (bicyclic) bond motifs is 1. The highest BCUT2D eigenvalue weighted by Crippen LogP contribution is 2.13. The van der Waals surface area contributed by atoms with Gasteiger partial charge in [-0.1, -0.05) is 6.07 Å². The van der Waals surface area contributed by atoms with Crippen LogP contribution in [0.5, 0.6) is 0 Å². The molecular weight excluding hydrogens is 285 g/mol. The van der Waals surface area contributed by atoms with Crippen LogP contribution in [0.15, 0.2) is 29.1 Å². The molecule has 0 aliphatic heterocycles. The van der Waals surface area contributed by atoms with Gasteiger partial charge in [-0.2, -0.15) is 5.10 Å². The third kappa shape index (κ3) is 2.75. The van der Waals surface area contributed by atoms with Gasteiger partial charge in [-0.3, -0.25) is 9.89 Å². The lowest BCUT2D eigenvalue weighted by Gasteiger charge is -2.11. The van der Waals surface area contributed by atoms with Crippen molar-refractivity contribution >= 4 is 10.9 Å². The van der Waals surface area contributed by atoms with Crippen LogP contribution in [0.1, 0.15) is 30.3 Å². The third-order valence-electron chi connectivity index (χ3n) is 3.47. The van der Waals surface area contributed by atoms with Gasteiger partial charge < -0.3 is 10.3 Å².